The number of carboxylic acids is 1. The van der Waals surface area contributed by atoms with Gasteiger partial charge >= 0.3 is 5.97 Å². The van der Waals surface area contributed by atoms with Crippen LogP contribution >= 0.6 is 0 Å². The molecule has 0 saturated heterocycles. The largest absolute Gasteiger partial charge is 0.480 e. The normalized spacial score (nSPS) is 12.1. The number of nitrogens with one attached hydrogen (secondary N) is 1. The van der Waals surface area contributed by atoms with Gasteiger partial charge in [-0.15, -0.1) is 0 Å². The fourth-order valence-electron chi connectivity index (χ4n) is 1.29. The number of hydrogen-bond donors (Lipinski definition) is 2. The third kappa shape index (κ3) is 7.23. The third-order valence-electron chi connectivity index (χ3n) is 2.11. The molecule has 0 spiro atoms. The van der Waals surface area contributed by atoms with E-state index in [-0.39, 0.29) is 5.91 Å². The Morgan fingerprint density at radius 3 is 2.56 bits per heavy atom. The van der Waals surface area contributed by atoms with E-state index in [0.717, 1.165) is 6.42 Å². The number of aliphatic carboxylic acids is 1. The summed E-state index contributed by atoms with van der Waals surface area (Å²) >= 11 is 0. The van der Waals surface area contributed by atoms with Gasteiger partial charge in [0.25, 0.3) is 0 Å². The second kappa shape index (κ2) is 9.15. The van der Waals surface area contributed by atoms with Crippen molar-refractivity contribution in [3.8, 4) is 0 Å². The van der Waals surface area contributed by atoms with E-state index in [1.165, 1.54) is 0 Å². The Hall–Kier alpha value is -1.10. The molecule has 0 aromatic heterocycles. The van der Waals surface area contributed by atoms with E-state index in [2.05, 4.69) is 5.32 Å². The standard InChI is InChI=1S/C11H21NO4/c1-3-6-9(11(14)15)12-10(13)7-5-8-16-4-2/h9H,3-8H2,1-2H3,(H,12,13)(H,14,15). The van der Waals surface area contributed by atoms with Crippen LogP contribution in [-0.2, 0) is 14.3 Å². The van der Waals surface area contributed by atoms with E-state index in [0.29, 0.717) is 32.5 Å². The summed E-state index contributed by atoms with van der Waals surface area (Å²) in [5.74, 6) is -1.19. The lowest BCUT2D eigenvalue weighted by Gasteiger charge is -2.13. The Morgan fingerprint density at radius 2 is 2.06 bits per heavy atom. The Bertz CT molecular complexity index is 218. The van der Waals surface area contributed by atoms with Crippen LogP contribution in [0.2, 0.25) is 0 Å². The first-order valence-electron chi connectivity index (χ1n) is 5.71. The highest BCUT2D eigenvalue weighted by molar-refractivity contribution is 5.83. The average molecular weight is 231 g/mol. The molecule has 0 rings (SSSR count). The lowest BCUT2D eigenvalue weighted by atomic mass is 10.1. The van der Waals surface area contributed by atoms with E-state index in [9.17, 15) is 9.59 Å². The van der Waals surface area contributed by atoms with E-state index in [4.69, 9.17) is 9.84 Å². The minimum atomic E-state index is -0.972. The molecule has 0 fully saturated rings. The second-order valence-electron chi connectivity index (χ2n) is 3.55. The summed E-state index contributed by atoms with van der Waals surface area (Å²) < 4.78 is 5.09. The Labute approximate surface area is 96.2 Å². The van der Waals surface area contributed by atoms with Gasteiger partial charge < -0.3 is 15.2 Å². The SMILES string of the molecule is CCCC(NC(=O)CCCOCC)C(=O)O. The maximum atomic E-state index is 11.4. The van der Waals surface area contributed by atoms with Crippen molar-refractivity contribution in [1.82, 2.24) is 5.32 Å². The van der Waals surface area contributed by atoms with Crippen LogP contribution in [0.25, 0.3) is 0 Å². The summed E-state index contributed by atoms with van der Waals surface area (Å²) in [6, 6.07) is -0.760. The highest BCUT2D eigenvalue weighted by Gasteiger charge is 2.18. The first-order valence-corrected chi connectivity index (χ1v) is 5.71. The average Bonchev–Trinajstić information content (AvgIpc) is 2.23. The van der Waals surface area contributed by atoms with Crippen molar-refractivity contribution >= 4 is 11.9 Å². The van der Waals surface area contributed by atoms with E-state index in [1.807, 2.05) is 13.8 Å². The Morgan fingerprint density at radius 1 is 1.38 bits per heavy atom. The molecule has 0 aliphatic rings. The number of carbonyl (C=O) groups excluding carboxylic acids is 1. The van der Waals surface area contributed by atoms with E-state index >= 15 is 0 Å². The molecule has 94 valence electrons. The molecular weight excluding hydrogens is 210 g/mol. The lowest BCUT2D eigenvalue weighted by Crippen LogP contribution is -2.40. The summed E-state index contributed by atoms with van der Waals surface area (Å²) in [5, 5.41) is 11.3. The second-order valence-corrected chi connectivity index (χ2v) is 3.55. The van der Waals surface area contributed by atoms with Crippen LogP contribution in [0.4, 0.5) is 0 Å². The van der Waals surface area contributed by atoms with Crippen LogP contribution in [-0.4, -0.2) is 36.2 Å². The summed E-state index contributed by atoms with van der Waals surface area (Å²) in [6.07, 6.45) is 2.13. The van der Waals surface area contributed by atoms with Gasteiger partial charge in [0.2, 0.25) is 5.91 Å². The molecule has 1 atom stereocenters. The molecule has 0 radical (unpaired) electrons. The van der Waals surface area contributed by atoms with Crippen molar-refractivity contribution in [2.45, 2.75) is 45.6 Å². The van der Waals surface area contributed by atoms with Gasteiger partial charge in [-0.05, 0) is 19.8 Å². The lowest BCUT2D eigenvalue weighted by molar-refractivity contribution is -0.142. The molecule has 0 saturated carbocycles. The van der Waals surface area contributed by atoms with Gasteiger partial charge in [-0.2, -0.15) is 0 Å². The number of rotatable bonds is 9. The topological polar surface area (TPSA) is 75.6 Å². The first kappa shape index (κ1) is 14.9. The molecule has 16 heavy (non-hydrogen) atoms. The van der Waals surface area contributed by atoms with Crippen molar-refractivity contribution in [2.75, 3.05) is 13.2 Å². The van der Waals surface area contributed by atoms with Crippen molar-refractivity contribution in [2.24, 2.45) is 0 Å². The zero-order valence-electron chi connectivity index (χ0n) is 9.99. The predicted octanol–water partition coefficient (Wildman–Crippen LogP) is 1.17. The van der Waals surface area contributed by atoms with Gasteiger partial charge in [0, 0.05) is 19.6 Å². The monoisotopic (exact) mass is 231 g/mol. The van der Waals surface area contributed by atoms with Crippen LogP contribution in [0, 0.1) is 0 Å². The van der Waals surface area contributed by atoms with Gasteiger partial charge in [0.1, 0.15) is 6.04 Å². The quantitative estimate of drug-likeness (QED) is 0.584. The van der Waals surface area contributed by atoms with Crippen molar-refractivity contribution in [3.63, 3.8) is 0 Å². The maximum absolute atomic E-state index is 11.4. The highest BCUT2D eigenvalue weighted by Crippen LogP contribution is 1.99. The smallest absolute Gasteiger partial charge is 0.326 e. The molecule has 5 heteroatoms. The van der Waals surface area contributed by atoms with Crippen molar-refractivity contribution < 1.29 is 19.4 Å². The molecule has 0 aromatic rings. The molecule has 2 N–H and O–H groups in total. The van der Waals surface area contributed by atoms with Gasteiger partial charge in [-0.1, -0.05) is 13.3 Å². The molecule has 0 bridgehead atoms. The molecule has 5 nitrogen and oxygen atoms in total. The fourth-order valence-corrected chi connectivity index (χ4v) is 1.29. The van der Waals surface area contributed by atoms with E-state index in [1.54, 1.807) is 0 Å². The summed E-state index contributed by atoms with van der Waals surface area (Å²) in [7, 11) is 0. The molecule has 0 heterocycles. The number of ether oxygens (including phenoxy) is 1. The fraction of sp³-hybridized carbons (Fsp3) is 0.818. The number of carboxylic acid groups (broad SMARTS) is 1. The number of hydrogen-bond acceptors (Lipinski definition) is 3. The van der Waals surface area contributed by atoms with Crippen LogP contribution in [0.15, 0.2) is 0 Å². The summed E-state index contributed by atoms with van der Waals surface area (Å²) in [4.78, 5) is 22.1. The van der Waals surface area contributed by atoms with Gasteiger partial charge in [0.05, 0.1) is 0 Å². The molecule has 1 unspecified atom stereocenters. The third-order valence-corrected chi connectivity index (χ3v) is 2.11. The zero-order chi connectivity index (χ0) is 12.4. The summed E-state index contributed by atoms with van der Waals surface area (Å²) in [5.41, 5.74) is 0. The molecule has 0 aromatic carbocycles. The van der Waals surface area contributed by atoms with Gasteiger partial charge in [0.15, 0.2) is 0 Å². The van der Waals surface area contributed by atoms with Crippen molar-refractivity contribution in [3.05, 3.63) is 0 Å². The predicted molar refractivity (Wildman–Crippen MR) is 60.2 cm³/mol. The van der Waals surface area contributed by atoms with Gasteiger partial charge in [-0.3, -0.25) is 4.79 Å². The molecular formula is C11H21NO4. The molecule has 0 aliphatic heterocycles. The zero-order valence-corrected chi connectivity index (χ0v) is 9.99. The molecule has 0 aliphatic carbocycles. The minimum absolute atomic E-state index is 0.222. The minimum Gasteiger partial charge on any atom is -0.480 e. The van der Waals surface area contributed by atoms with Crippen LogP contribution in [0.5, 0.6) is 0 Å². The summed E-state index contributed by atoms with van der Waals surface area (Å²) in [6.45, 7) is 4.95. The maximum Gasteiger partial charge on any atom is 0.326 e. The highest BCUT2D eigenvalue weighted by atomic mass is 16.5. The van der Waals surface area contributed by atoms with Crippen LogP contribution in [0.1, 0.15) is 39.5 Å². The van der Waals surface area contributed by atoms with Crippen LogP contribution in [0.3, 0.4) is 0 Å². The number of amides is 1. The van der Waals surface area contributed by atoms with Crippen molar-refractivity contribution in [1.29, 1.82) is 0 Å². The first-order chi connectivity index (χ1) is 7.61. The Kier molecular flexibility index (Phi) is 8.52. The Balaban J connectivity index is 3.77. The van der Waals surface area contributed by atoms with Gasteiger partial charge in [-0.25, -0.2) is 4.79 Å². The number of carbonyl (C=O) groups is 2. The van der Waals surface area contributed by atoms with Crippen LogP contribution < -0.4 is 5.32 Å². The molecule has 1 amide bonds. The van der Waals surface area contributed by atoms with E-state index < -0.39 is 12.0 Å².